The van der Waals surface area contributed by atoms with Gasteiger partial charge in [-0.05, 0) is 35.9 Å². The second-order valence-electron chi connectivity index (χ2n) is 3.60. The summed E-state index contributed by atoms with van der Waals surface area (Å²) in [6, 6.07) is 7.79. The van der Waals surface area contributed by atoms with Crippen molar-refractivity contribution in [2.24, 2.45) is 0 Å². The topological polar surface area (TPSA) is 0 Å². The van der Waals surface area contributed by atoms with Crippen molar-refractivity contribution in [1.29, 1.82) is 0 Å². The highest BCUT2D eigenvalue weighted by molar-refractivity contribution is 7.98. The zero-order valence-electron chi connectivity index (χ0n) is 9.09. The smallest absolute Gasteiger partial charge is 0.159 e. The van der Waals surface area contributed by atoms with Crippen LogP contribution in [0.25, 0.3) is 0 Å². The number of hydrogen-bond acceptors (Lipinski definition) is 1. The Morgan fingerprint density at radius 2 is 1.72 bits per heavy atom. The highest BCUT2D eigenvalue weighted by Crippen LogP contribution is 2.28. The van der Waals surface area contributed by atoms with Crippen LogP contribution in [0, 0.1) is 17.5 Å². The van der Waals surface area contributed by atoms with E-state index in [2.05, 4.69) is 0 Å². The molecule has 2 aromatic carbocycles. The van der Waals surface area contributed by atoms with E-state index in [4.69, 9.17) is 11.6 Å². The number of halogens is 4. The van der Waals surface area contributed by atoms with Gasteiger partial charge in [0.15, 0.2) is 11.6 Å². The van der Waals surface area contributed by atoms with Gasteiger partial charge in [-0.2, -0.15) is 0 Å². The maximum atomic E-state index is 13.0. The molecule has 0 aromatic heterocycles. The predicted octanol–water partition coefficient (Wildman–Crippen LogP) is 5.05. The lowest BCUT2D eigenvalue weighted by Crippen LogP contribution is -1.87. The third kappa shape index (κ3) is 3.21. The third-order valence-corrected chi connectivity index (χ3v) is 3.69. The molecule has 5 heteroatoms. The molecule has 0 atom stereocenters. The Hall–Kier alpha value is -1.13. The molecule has 0 amide bonds. The summed E-state index contributed by atoms with van der Waals surface area (Å²) in [5.74, 6) is -1.70. The molecule has 0 saturated heterocycles. The molecule has 0 unspecified atom stereocenters. The van der Waals surface area contributed by atoms with Crippen molar-refractivity contribution < 1.29 is 13.2 Å². The second-order valence-corrected chi connectivity index (χ2v) is 5.06. The molecule has 0 N–H and O–H groups in total. The minimum atomic E-state index is -0.884. The predicted molar refractivity (Wildman–Crippen MR) is 67.3 cm³/mol. The van der Waals surface area contributed by atoms with Gasteiger partial charge >= 0.3 is 0 Å². The molecule has 0 bridgehead atoms. The van der Waals surface area contributed by atoms with Crippen LogP contribution in [0.4, 0.5) is 13.2 Å². The van der Waals surface area contributed by atoms with Crippen LogP contribution < -0.4 is 0 Å². The molecule has 0 radical (unpaired) electrons. The highest BCUT2D eigenvalue weighted by Gasteiger charge is 2.06. The largest absolute Gasteiger partial charge is 0.207 e. The van der Waals surface area contributed by atoms with Crippen LogP contribution in [0.2, 0.25) is 5.02 Å². The van der Waals surface area contributed by atoms with Crippen LogP contribution in [0.5, 0.6) is 0 Å². The molecular formula is C13H8ClF3S. The maximum Gasteiger partial charge on any atom is 0.159 e. The maximum absolute atomic E-state index is 13.0. The number of rotatable bonds is 3. The van der Waals surface area contributed by atoms with Crippen molar-refractivity contribution in [2.75, 3.05) is 0 Å². The first kappa shape index (κ1) is 13.3. The average molecular weight is 289 g/mol. The first-order valence-electron chi connectivity index (χ1n) is 5.08. The van der Waals surface area contributed by atoms with E-state index < -0.39 is 17.5 Å². The molecule has 0 spiro atoms. The molecule has 94 valence electrons. The Labute approximate surface area is 112 Å². The SMILES string of the molecule is Fc1ccc(CSc2ccc(F)c(F)c2)c(Cl)c1. The molecule has 2 rings (SSSR count). The van der Waals surface area contributed by atoms with Crippen molar-refractivity contribution in [1.82, 2.24) is 0 Å². The highest BCUT2D eigenvalue weighted by atomic mass is 35.5. The van der Waals surface area contributed by atoms with Crippen LogP contribution in [0.3, 0.4) is 0 Å². The Bertz CT molecular complexity index is 572. The molecular weight excluding hydrogens is 281 g/mol. The molecule has 0 nitrogen and oxygen atoms in total. The lowest BCUT2D eigenvalue weighted by molar-refractivity contribution is 0.506. The van der Waals surface area contributed by atoms with E-state index in [0.717, 1.165) is 17.7 Å². The summed E-state index contributed by atoms with van der Waals surface area (Å²) < 4.78 is 38.5. The van der Waals surface area contributed by atoms with Crippen LogP contribution in [-0.4, -0.2) is 0 Å². The van der Waals surface area contributed by atoms with E-state index in [1.54, 1.807) is 6.07 Å². The number of thioether (sulfide) groups is 1. The monoisotopic (exact) mass is 288 g/mol. The van der Waals surface area contributed by atoms with Crippen LogP contribution in [0.1, 0.15) is 5.56 Å². The van der Waals surface area contributed by atoms with Crippen molar-refractivity contribution in [3.63, 3.8) is 0 Å². The first-order chi connectivity index (χ1) is 8.56. The third-order valence-electron chi connectivity index (χ3n) is 2.30. The van der Waals surface area contributed by atoms with Crippen LogP contribution >= 0.6 is 23.4 Å². The molecule has 0 aliphatic rings. The van der Waals surface area contributed by atoms with Crippen LogP contribution in [0.15, 0.2) is 41.3 Å². The Kier molecular flexibility index (Phi) is 4.19. The molecule has 0 fully saturated rings. The summed E-state index contributed by atoms with van der Waals surface area (Å²) >= 11 is 7.17. The van der Waals surface area contributed by atoms with Gasteiger partial charge in [-0.3, -0.25) is 0 Å². The van der Waals surface area contributed by atoms with Gasteiger partial charge in [-0.1, -0.05) is 17.7 Å². The van der Waals surface area contributed by atoms with Crippen molar-refractivity contribution in [3.05, 3.63) is 64.4 Å². The van der Waals surface area contributed by atoms with E-state index in [-0.39, 0.29) is 0 Å². The second kappa shape index (κ2) is 5.67. The standard InChI is InChI=1S/C13H8ClF3S/c14-11-5-9(15)2-1-8(11)7-18-10-3-4-12(16)13(17)6-10/h1-6H,7H2. The summed E-state index contributed by atoms with van der Waals surface area (Å²) in [6.07, 6.45) is 0. The van der Waals surface area contributed by atoms with Gasteiger partial charge in [0, 0.05) is 15.7 Å². The number of hydrogen-bond donors (Lipinski definition) is 0. The molecule has 0 aliphatic heterocycles. The van der Waals surface area contributed by atoms with E-state index >= 15 is 0 Å². The Morgan fingerprint density at radius 3 is 2.39 bits per heavy atom. The zero-order valence-corrected chi connectivity index (χ0v) is 10.7. The van der Waals surface area contributed by atoms with E-state index in [1.165, 1.54) is 30.0 Å². The Balaban J connectivity index is 2.09. The fourth-order valence-electron chi connectivity index (χ4n) is 1.37. The van der Waals surface area contributed by atoms with Crippen LogP contribution in [-0.2, 0) is 5.75 Å². The molecule has 0 heterocycles. The minimum Gasteiger partial charge on any atom is -0.207 e. The average Bonchev–Trinajstić information content (AvgIpc) is 2.32. The van der Waals surface area contributed by atoms with Gasteiger partial charge in [-0.15, -0.1) is 11.8 Å². The quantitative estimate of drug-likeness (QED) is 0.712. The fraction of sp³-hybridized carbons (Fsp3) is 0.0769. The minimum absolute atomic E-state index is 0.324. The van der Waals surface area contributed by atoms with Crippen molar-refractivity contribution in [2.45, 2.75) is 10.6 Å². The van der Waals surface area contributed by atoms with Gasteiger partial charge in [0.25, 0.3) is 0 Å². The molecule has 18 heavy (non-hydrogen) atoms. The lowest BCUT2D eigenvalue weighted by Gasteiger charge is -2.05. The van der Waals surface area contributed by atoms with Gasteiger partial charge in [0.2, 0.25) is 0 Å². The normalized spacial score (nSPS) is 10.7. The zero-order chi connectivity index (χ0) is 13.1. The summed E-state index contributed by atoms with van der Waals surface area (Å²) in [4.78, 5) is 0.592. The fourth-order valence-corrected chi connectivity index (χ4v) is 2.60. The van der Waals surface area contributed by atoms with Gasteiger partial charge < -0.3 is 0 Å². The van der Waals surface area contributed by atoms with E-state index in [0.29, 0.717) is 15.7 Å². The van der Waals surface area contributed by atoms with Gasteiger partial charge in [0.1, 0.15) is 5.82 Å². The van der Waals surface area contributed by atoms with Crippen molar-refractivity contribution >= 4 is 23.4 Å². The Morgan fingerprint density at radius 1 is 0.944 bits per heavy atom. The summed E-state index contributed by atoms with van der Waals surface area (Å²) in [6.45, 7) is 0. The molecule has 0 aliphatic carbocycles. The van der Waals surface area contributed by atoms with E-state index in [9.17, 15) is 13.2 Å². The van der Waals surface area contributed by atoms with Gasteiger partial charge in [0.05, 0.1) is 0 Å². The van der Waals surface area contributed by atoms with Crippen molar-refractivity contribution in [3.8, 4) is 0 Å². The van der Waals surface area contributed by atoms with Gasteiger partial charge in [-0.25, -0.2) is 13.2 Å². The number of benzene rings is 2. The first-order valence-corrected chi connectivity index (χ1v) is 6.44. The molecule has 2 aromatic rings. The lowest BCUT2D eigenvalue weighted by atomic mass is 10.2. The van der Waals surface area contributed by atoms with E-state index in [1.807, 2.05) is 0 Å². The summed E-state index contributed by atoms with van der Waals surface area (Å²) in [5.41, 5.74) is 0.743. The summed E-state index contributed by atoms with van der Waals surface area (Å²) in [7, 11) is 0. The molecule has 0 saturated carbocycles. The summed E-state index contributed by atoms with van der Waals surface area (Å²) in [5, 5.41) is 0.324.